The molecular formula is C18H11Cl4NO3S. The summed E-state index contributed by atoms with van der Waals surface area (Å²) < 4.78 is 5.72. The third-order valence-corrected chi connectivity index (χ3v) is 5.91. The Bertz CT molecular complexity index is 1030. The molecule has 0 atom stereocenters. The van der Waals surface area contributed by atoms with Crippen LogP contribution >= 0.6 is 57.7 Å². The van der Waals surface area contributed by atoms with Crippen LogP contribution < -0.4 is 5.32 Å². The van der Waals surface area contributed by atoms with Crippen molar-refractivity contribution in [1.82, 2.24) is 5.32 Å². The van der Waals surface area contributed by atoms with Gasteiger partial charge in [-0.2, -0.15) is 0 Å². The summed E-state index contributed by atoms with van der Waals surface area (Å²) in [6, 6.07) is 10.3. The third kappa shape index (κ3) is 4.86. The van der Waals surface area contributed by atoms with Gasteiger partial charge in [-0.05, 0) is 29.8 Å². The van der Waals surface area contributed by atoms with Gasteiger partial charge in [0, 0.05) is 26.7 Å². The van der Waals surface area contributed by atoms with Gasteiger partial charge in [-0.3, -0.25) is 4.79 Å². The van der Waals surface area contributed by atoms with Crippen LogP contribution in [0.5, 0.6) is 0 Å². The Morgan fingerprint density at radius 2 is 1.81 bits per heavy atom. The van der Waals surface area contributed by atoms with Gasteiger partial charge in [0.2, 0.25) is 0 Å². The lowest BCUT2D eigenvalue weighted by Crippen LogP contribution is -2.28. The van der Waals surface area contributed by atoms with Crippen molar-refractivity contribution in [1.29, 1.82) is 0 Å². The maximum Gasteiger partial charge on any atom is 0.350 e. The summed E-state index contributed by atoms with van der Waals surface area (Å²) in [5.41, 5.74) is 0.834. The van der Waals surface area contributed by atoms with E-state index in [1.54, 1.807) is 30.3 Å². The number of thiophene rings is 1. The van der Waals surface area contributed by atoms with Gasteiger partial charge in [-0.25, -0.2) is 4.79 Å². The first kappa shape index (κ1) is 20.2. The van der Waals surface area contributed by atoms with Gasteiger partial charge in [0.15, 0.2) is 6.61 Å². The Labute approximate surface area is 178 Å². The molecule has 9 heteroatoms. The highest BCUT2D eigenvalue weighted by molar-refractivity contribution is 7.21. The highest BCUT2D eigenvalue weighted by atomic mass is 35.5. The molecule has 3 aromatic rings. The van der Waals surface area contributed by atoms with Crippen molar-refractivity contribution < 1.29 is 14.3 Å². The van der Waals surface area contributed by atoms with E-state index in [9.17, 15) is 9.59 Å². The number of halogens is 4. The molecule has 1 amide bonds. The second kappa shape index (κ2) is 8.67. The molecule has 0 bridgehead atoms. The van der Waals surface area contributed by atoms with Gasteiger partial charge >= 0.3 is 5.97 Å². The summed E-state index contributed by atoms with van der Waals surface area (Å²) in [5, 5.41) is 4.72. The Hall–Kier alpha value is -1.50. The van der Waals surface area contributed by atoms with Gasteiger partial charge < -0.3 is 10.1 Å². The fraction of sp³-hybridized carbons (Fsp3) is 0.111. The minimum absolute atomic E-state index is 0.165. The second-order valence-electron chi connectivity index (χ2n) is 5.49. The number of rotatable bonds is 5. The van der Waals surface area contributed by atoms with Gasteiger partial charge in [-0.1, -0.05) is 58.5 Å². The van der Waals surface area contributed by atoms with Crippen molar-refractivity contribution in [2.75, 3.05) is 6.61 Å². The quantitative estimate of drug-likeness (QED) is 0.474. The number of amides is 1. The minimum Gasteiger partial charge on any atom is -0.451 e. The molecule has 140 valence electrons. The van der Waals surface area contributed by atoms with E-state index in [1.165, 1.54) is 0 Å². The lowest BCUT2D eigenvalue weighted by atomic mass is 10.2. The predicted molar refractivity (Wildman–Crippen MR) is 110 cm³/mol. The largest absolute Gasteiger partial charge is 0.451 e. The van der Waals surface area contributed by atoms with Crippen LogP contribution in [0.15, 0.2) is 36.4 Å². The van der Waals surface area contributed by atoms with E-state index in [0.29, 0.717) is 25.2 Å². The first-order valence-electron chi connectivity index (χ1n) is 7.60. The molecule has 4 nitrogen and oxygen atoms in total. The molecule has 0 aliphatic carbocycles. The zero-order valence-corrected chi connectivity index (χ0v) is 17.4. The van der Waals surface area contributed by atoms with Crippen LogP contribution in [-0.4, -0.2) is 18.5 Å². The number of nitrogens with one attached hydrogen (secondary N) is 1. The third-order valence-electron chi connectivity index (χ3n) is 3.55. The SMILES string of the molecule is O=C(COC(=O)c1sc2cc(Cl)cc(Cl)c2c1Cl)NCc1cccc(Cl)c1. The average molecular weight is 463 g/mol. The van der Waals surface area contributed by atoms with Gasteiger partial charge in [-0.15, -0.1) is 11.3 Å². The molecule has 0 fully saturated rings. The average Bonchev–Trinajstić information content (AvgIpc) is 2.94. The zero-order chi connectivity index (χ0) is 19.6. The molecule has 0 aliphatic heterocycles. The molecule has 2 aromatic carbocycles. The summed E-state index contributed by atoms with van der Waals surface area (Å²) in [6.07, 6.45) is 0. The summed E-state index contributed by atoms with van der Waals surface area (Å²) >= 11 is 25.3. The molecule has 0 radical (unpaired) electrons. The van der Waals surface area contributed by atoms with Gasteiger partial charge in [0.25, 0.3) is 5.91 Å². The van der Waals surface area contributed by atoms with E-state index in [2.05, 4.69) is 5.32 Å². The van der Waals surface area contributed by atoms with Crippen molar-refractivity contribution in [2.45, 2.75) is 6.54 Å². The van der Waals surface area contributed by atoms with Crippen LogP contribution in [0.2, 0.25) is 20.1 Å². The van der Waals surface area contributed by atoms with E-state index < -0.39 is 18.5 Å². The van der Waals surface area contributed by atoms with Gasteiger partial charge in [0.1, 0.15) is 4.88 Å². The fourth-order valence-corrected chi connectivity index (χ4v) is 4.81. The number of ether oxygens (including phenoxy) is 1. The molecular weight excluding hydrogens is 452 g/mol. The summed E-state index contributed by atoms with van der Waals surface area (Å²) in [5.74, 6) is -1.15. The Morgan fingerprint density at radius 1 is 1.04 bits per heavy atom. The van der Waals surface area contributed by atoms with E-state index in [-0.39, 0.29) is 16.4 Å². The Morgan fingerprint density at radius 3 is 2.56 bits per heavy atom. The number of esters is 1. The van der Waals surface area contributed by atoms with Gasteiger partial charge in [0.05, 0.1) is 10.0 Å². The molecule has 0 spiro atoms. The molecule has 0 unspecified atom stereocenters. The van der Waals surface area contributed by atoms with E-state index in [0.717, 1.165) is 16.9 Å². The van der Waals surface area contributed by atoms with Crippen LogP contribution in [0.25, 0.3) is 10.1 Å². The lowest BCUT2D eigenvalue weighted by Gasteiger charge is -2.06. The van der Waals surface area contributed by atoms with Crippen molar-refractivity contribution in [3.63, 3.8) is 0 Å². The van der Waals surface area contributed by atoms with Crippen LogP contribution in [-0.2, 0) is 16.1 Å². The van der Waals surface area contributed by atoms with Crippen LogP contribution in [0.1, 0.15) is 15.2 Å². The number of hydrogen-bond donors (Lipinski definition) is 1. The Kier molecular flexibility index (Phi) is 6.50. The maximum absolute atomic E-state index is 12.3. The first-order chi connectivity index (χ1) is 12.8. The molecule has 3 rings (SSSR count). The molecule has 0 saturated carbocycles. The van der Waals surface area contributed by atoms with E-state index >= 15 is 0 Å². The number of benzene rings is 2. The maximum atomic E-state index is 12.3. The van der Waals surface area contributed by atoms with Crippen molar-refractivity contribution in [3.05, 3.63) is 66.9 Å². The summed E-state index contributed by atoms with van der Waals surface area (Å²) in [4.78, 5) is 24.4. The monoisotopic (exact) mass is 461 g/mol. The Balaban J connectivity index is 1.62. The molecule has 27 heavy (non-hydrogen) atoms. The molecule has 1 heterocycles. The van der Waals surface area contributed by atoms with E-state index in [1.807, 2.05) is 6.07 Å². The second-order valence-corrected chi connectivity index (χ2v) is 8.20. The number of fused-ring (bicyclic) bond motifs is 1. The van der Waals surface area contributed by atoms with Crippen molar-refractivity contribution in [3.8, 4) is 0 Å². The summed E-state index contributed by atoms with van der Waals surface area (Å²) in [7, 11) is 0. The standard InChI is InChI=1S/C18H11Cl4NO3S/c19-10-3-1-2-9(4-10)7-23-14(24)8-26-18(25)17-16(22)15-12(21)5-11(20)6-13(15)27-17/h1-6H,7-8H2,(H,23,24). The van der Waals surface area contributed by atoms with Crippen LogP contribution in [0, 0.1) is 0 Å². The lowest BCUT2D eigenvalue weighted by molar-refractivity contribution is -0.124. The highest BCUT2D eigenvalue weighted by Crippen LogP contribution is 2.41. The smallest absolute Gasteiger partial charge is 0.350 e. The van der Waals surface area contributed by atoms with Crippen LogP contribution in [0.3, 0.4) is 0 Å². The molecule has 0 aliphatic rings. The number of carbonyl (C=O) groups excluding carboxylic acids is 2. The first-order valence-corrected chi connectivity index (χ1v) is 9.93. The summed E-state index contributed by atoms with van der Waals surface area (Å²) in [6.45, 7) is -0.160. The molecule has 1 aromatic heterocycles. The van der Waals surface area contributed by atoms with Crippen LogP contribution in [0.4, 0.5) is 0 Å². The molecule has 1 N–H and O–H groups in total. The normalized spacial score (nSPS) is 10.8. The number of hydrogen-bond acceptors (Lipinski definition) is 4. The van der Waals surface area contributed by atoms with Crippen molar-refractivity contribution >= 4 is 79.7 Å². The fourth-order valence-electron chi connectivity index (χ4n) is 2.34. The predicted octanol–water partition coefficient (Wildman–Crippen LogP) is 5.99. The van der Waals surface area contributed by atoms with Crippen molar-refractivity contribution in [2.24, 2.45) is 0 Å². The molecule has 0 saturated heterocycles. The topological polar surface area (TPSA) is 55.4 Å². The highest BCUT2D eigenvalue weighted by Gasteiger charge is 2.21. The van der Waals surface area contributed by atoms with E-state index in [4.69, 9.17) is 51.1 Å². The minimum atomic E-state index is -0.703. The zero-order valence-electron chi connectivity index (χ0n) is 13.5. The number of carbonyl (C=O) groups is 2.